The molecule has 0 bridgehead atoms. The van der Waals surface area contributed by atoms with Crippen LogP contribution in [0.4, 0.5) is 0 Å². The number of hydrogen-bond acceptors (Lipinski definition) is 4. The van der Waals surface area contributed by atoms with E-state index in [-0.39, 0.29) is 0 Å². The number of rotatable bonds is 5. The van der Waals surface area contributed by atoms with Gasteiger partial charge in [0.25, 0.3) is 0 Å². The second-order valence-electron chi connectivity index (χ2n) is 5.20. The minimum atomic E-state index is 0.323. The molecule has 1 N–H and O–H groups in total. The van der Waals surface area contributed by atoms with Gasteiger partial charge in [-0.05, 0) is 19.3 Å². The van der Waals surface area contributed by atoms with Crippen molar-refractivity contribution in [3.63, 3.8) is 0 Å². The summed E-state index contributed by atoms with van der Waals surface area (Å²) in [7, 11) is 0. The van der Waals surface area contributed by atoms with E-state index < -0.39 is 0 Å². The second-order valence-corrected chi connectivity index (χ2v) is 6.40. The first-order valence-electron chi connectivity index (χ1n) is 7.12. The fourth-order valence-corrected chi connectivity index (χ4v) is 3.58. The molecule has 0 saturated carbocycles. The highest BCUT2D eigenvalue weighted by Gasteiger charge is 2.31. The molecular formula is C14H25N3S. The van der Waals surface area contributed by atoms with Crippen molar-refractivity contribution in [1.29, 1.82) is 0 Å². The zero-order valence-electron chi connectivity index (χ0n) is 11.8. The lowest BCUT2D eigenvalue weighted by molar-refractivity contribution is 0.118. The Labute approximate surface area is 115 Å². The van der Waals surface area contributed by atoms with E-state index in [2.05, 4.69) is 36.0 Å². The molecule has 0 amide bonds. The summed E-state index contributed by atoms with van der Waals surface area (Å²) in [5.41, 5.74) is 0.323. The molecule has 1 aliphatic rings. The van der Waals surface area contributed by atoms with Gasteiger partial charge < -0.3 is 5.32 Å². The van der Waals surface area contributed by atoms with Gasteiger partial charge in [0, 0.05) is 36.2 Å². The standard InChI is InChI=1S/C14H25N3S/c1-4-12-9-15-13(18-12)10-17-8-7-16-14(5-2,6-3)11-17/h9,16H,4-8,10-11H2,1-3H3. The number of thiazole rings is 1. The quantitative estimate of drug-likeness (QED) is 0.889. The maximum atomic E-state index is 4.54. The fourth-order valence-electron chi connectivity index (χ4n) is 2.68. The second kappa shape index (κ2) is 6.13. The molecule has 0 spiro atoms. The van der Waals surface area contributed by atoms with E-state index in [0.29, 0.717) is 5.54 Å². The van der Waals surface area contributed by atoms with Crippen molar-refractivity contribution in [3.8, 4) is 0 Å². The molecule has 0 radical (unpaired) electrons. The van der Waals surface area contributed by atoms with Crippen molar-refractivity contribution >= 4 is 11.3 Å². The highest BCUT2D eigenvalue weighted by molar-refractivity contribution is 7.11. The fraction of sp³-hybridized carbons (Fsp3) is 0.786. The van der Waals surface area contributed by atoms with Crippen molar-refractivity contribution in [3.05, 3.63) is 16.1 Å². The minimum absolute atomic E-state index is 0.323. The van der Waals surface area contributed by atoms with Crippen molar-refractivity contribution < 1.29 is 0 Å². The van der Waals surface area contributed by atoms with Crippen LogP contribution in [0.1, 0.15) is 43.5 Å². The molecule has 4 heteroatoms. The van der Waals surface area contributed by atoms with Gasteiger partial charge >= 0.3 is 0 Å². The summed E-state index contributed by atoms with van der Waals surface area (Å²) in [6.45, 7) is 11.2. The molecule has 3 nitrogen and oxygen atoms in total. The predicted octanol–water partition coefficient (Wildman–Crippen LogP) is 2.67. The Morgan fingerprint density at radius 3 is 2.78 bits per heavy atom. The number of hydrogen-bond donors (Lipinski definition) is 1. The summed E-state index contributed by atoms with van der Waals surface area (Å²) in [4.78, 5) is 8.49. The van der Waals surface area contributed by atoms with Crippen molar-refractivity contribution in [2.45, 2.75) is 52.1 Å². The molecule has 2 heterocycles. The van der Waals surface area contributed by atoms with E-state index >= 15 is 0 Å². The van der Waals surface area contributed by atoms with Crippen LogP contribution in [0.25, 0.3) is 0 Å². The Hall–Kier alpha value is -0.450. The number of nitrogens with zero attached hydrogens (tertiary/aromatic N) is 2. The summed E-state index contributed by atoms with van der Waals surface area (Å²) in [5.74, 6) is 0. The van der Waals surface area contributed by atoms with E-state index in [4.69, 9.17) is 0 Å². The minimum Gasteiger partial charge on any atom is -0.309 e. The van der Waals surface area contributed by atoms with Crippen LogP contribution in [0.15, 0.2) is 6.20 Å². The lowest BCUT2D eigenvalue weighted by Gasteiger charge is -2.42. The summed E-state index contributed by atoms with van der Waals surface area (Å²) in [6.07, 6.45) is 5.55. The van der Waals surface area contributed by atoms with Crippen LogP contribution < -0.4 is 5.32 Å². The molecule has 0 atom stereocenters. The smallest absolute Gasteiger partial charge is 0.107 e. The van der Waals surface area contributed by atoms with E-state index in [1.165, 1.54) is 22.7 Å². The van der Waals surface area contributed by atoms with Crippen LogP contribution in [0.5, 0.6) is 0 Å². The molecule has 0 aromatic carbocycles. The van der Waals surface area contributed by atoms with Gasteiger partial charge in [-0.2, -0.15) is 0 Å². The van der Waals surface area contributed by atoms with E-state index in [9.17, 15) is 0 Å². The Kier molecular flexibility index (Phi) is 4.76. The van der Waals surface area contributed by atoms with Gasteiger partial charge in [0.2, 0.25) is 0 Å². The van der Waals surface area contributed by atoms with Crippen LogP contribution in [-0.2, 0) is 13.0 Å². The molecule has 2 rings (SSSR count). The first kappa shape index (κ1) is 14.0. The van der Waals surface area contributed by atoms with Crippen LogP contribution >= 0.6 is 11.3 Å². The zero-order chi connectivity index (χ0) is 13.0. The highest BCUT2D eigenvalue weighted by Crippen LogP contribution is 2.22. The molecule has 1 fully saturated rings. The number of piperazine rings is 1. The van der Waals surface area contributed by atoms with E-state index in [1.54, 1.807) is 0 Å². The molecule has 0 aliphatic carbocycles. The largest absolute Gasteiger partial charge is 0.309 e. The monoisotopic (exact) mass is 267 g/mol. The van der Waals surface area contributed by atoms with Gasteiger partial charge in [-0.1, -0.05) is 20.8 Å². The van der Waals surface area contributed by atoms with Gasteiger partial charge in [-0.15, -0.1) is 11.3 Å². The first-order chi connectivity index (χ1) is 8.71. The molecule has 18 heavy (non-hydrogen) atoms. The average Bonchev–Trinajstić information content (AvgIpc) is 2.86. The van der Waals surface area contributed by atoms with E-state index in [1.807, 2.05) is 17.5 Å². The maximum absolute atomic E-state index is 4.54. The topological polar surface area (TPSA) is 28.2 Å². The molecule has 1 saturated heterocycles. The lowest BCUT2D eigenvalue weighted by atomic mass is 9.90. The zero-order valence-corrected chi connectivity index (χ0v) is 12.6. The average molecular weight is 267 g/mol. The molecule has 1 aliphatic heterocycles. The molecule has 1 aromatic rings. The van der Waals surface area contributed by atoms with Gasteiger partial charge in [-0.25, -0.2) is 4.98 Å². The summed E-state index contributed by atoms with van der Waals surface area (Å²) >= 11 is 1.87. The van der Waals surface area contributed by atoms with Gasteiger partial charge in [0.05, 0.1) is 6.54 Å². The Balaban J connectivity index is 1.97. The summed E-state index contributed by atoms with van der Waals surface area (Å²) < 4.78 is 0. The van der Waals surface area contributed by atoms with Crippen LogP contribution in [0, 0.1) is 0 Å². The normalized spacial score (nSPS) is 20.2. The number of nitrogens with one attached hydrogen (secondary N) is 1. The Morgan fingerprint density at radius 1 is 1.39 bits per heavy atom. The first-order valence-corrected chi connectivity index (χ1v) is 7.94. The third-order valence-electron chi connectivity index (χ3n) is 4.12. The van der Waals surface area contributed by atoms with Crippen molar-refractivity contribution in [2.75, 3.05) is 19.6 Å². The molecule has 0 unspecified atom stereocenters. The predicted molar refractivity (Wildman–Crippen MR) is 78.1 cm³/mol. The van der Waals surface area contributed by atoms with Crippen molar-refractivity contribution in [1.82, 2.24) is 15.2 Å². The Bertz CT molecular complexity index is 371. The number of aromatic nitrogens is 1. The van der Waals surface area contributed by atoms with Gasteiger partial charge in [-0.3, -0.25) is 4.90 Å². The van der Waals surface area contributed by atoms with Crippen LogP contribution in [0.2, 0.25) is 0 Å². The van der Waals surface area contributed by atoms with Gasteiger partial charge in [0.1, 0.15) is 5.01 Å². The molecule has 1 aromatic heterocycles. The third-order valence-corrected chi connectivity index (χ3v) is 5.24. The van der Waals surface area contributed by atoms with Crippen LogP contribution in [0.3, 0.4) is 0 Å². The maximum Gasteiger partial charge on any atom is 0.107 e. The molecule has 102 valence electrons. The Morgan fingerprint density at radius 2 is 2.17 bits per heavy atom. The van der Waals surface area contributed by atoms with E-state index in [0.717, 1.165) is 32.6 Å². The van der Waals surface area contributed by atoms with Crippen molar-refractivity contribution in [2.24, 2.45) is 0 Å². The highest BCUT2D eigenvalue weighted by atomic mass is 32.1. The lowest BCUT2D eigenvalue weighted by Crippen LogP contribution is -2.59. The van der Waals surface area contributed by atoms with Gasteiger partial charge in [0.15, 0.2) is 0 Å². The summed E-state index contributed by atoms with van der Waals surface area (Å²) in [5, 5.41) is 4.98. The SMILES string of the molecule is CCc1cnc(CN2CCNC(CC)(CC)C2)s1. The molecular weight excluding hydrogens is 242 g/mol. The number of aryl methyl sites for hydroxylation is 1. The third kappa shape index (κ3) is 3.11. The summed E-state index contributed by atoms with van der Waals surface area (Å²) in [6, 6.07) is 0. The van der Waals surface area contributed by atoms with Crippen LogP contribution in [-0.4, -0.2) is 35.1 Å².